The number of nitrogens with zero attached hydrogens (tertiary/aromatic N) is 2. The quantitative estimate of drug-likeness (QED) is 0.764. The molecule has 0 radical (unpaired) electrons. The lowest BCUT2D eigenvalue weighted by molar-refractivity contribution is 0.0953. The molecule has 0 atom stereocenters. The summed E-state index contributed by atoms with van der Waals surface area (Å²) < 4.78 is 2.65. The molecule has 0 unspecified atom stereocenters. The van der Waals surface area contributed by atoms with Gasteiger partial charge in [-0.25, -0.2) is 4.68 Å². The first-order valence-electron chi connectivity index (χ1n) is 6.49. The van der Waals surface area contributed by atoms with Crippen molar-refractivity contribution in [1.82, 2.24) is 15.1 Å². The van der Waals surface area contributed by atoms with Crippen LogP contribution in [0.15, 0.2) is 41.1 Å². The topological polar surface area (TPSA) is 72.9 Å². The summed E-state index contributed by atoms with van der Waals surface area (Å²) in [5, 5.41) is 7.06. The Kier molecular flexibility index (Phi) is 7.42. The van der Waals surface area contributed by atoms with E-state index in [1.54, 1.807) is 17.1 Å². The van der Waals surface area contributed by atoms with Gasteiger partial charge in [-0.15, -0.1) is 12.4 Å². The van der Waals surface area contributed by atoms with E-state index in [2.05, 4.69) is 26.3 Å². The van der Waals surface area contributed by atoms with E-state index in [9.17, 15) is 4.79 Å². The number of halogens is 2. The van der Waals surface area contributed by atoms with Gasteiger partial charge in [0, 0.05) is 17.2 Å². The van der Waals surface area contributed by atoms with Crippen molar-refractivity contribution >= 4 is 34.2 Å². The van der Waals surface area contributed by atoms with Crippen LogP contribution in [0.3, 0.4) is 0 Å². The number of hydrogen-bond donors (Lipinski definition) is 2. The number of hydrogen-bond acceptors (Lipinski definition) is 3. The maximum absolute atomic E-state index is 11.9. The zero-order valence-electron chi connectivity index (χ0n) is 11.5. The maximum Gasteiger partial charge on any atom is 0.254 e. The smallest absolute Gasteiger partial charge is 0.254 e. The van der Waals surface area contributed by atoms with E-state index in [1.807, 2.05) is 24.3 Å². The van der Waals surface area contributed by atoms with E-state index in [-0.39, 0.29) is 18.3 Å². The molecule has 0 aliphatic rings. The van der Waals surface area contributed by atoms with Crippen molar-refractivity contribution in [3.8, 4) is 5.69 Å². The standard InChI is InChI=1S/C14H17BrN4O.ClH/c15-12-4-3-5-13(8-12)19-10-11(9-18-19)14(20)17-7-2-1-6-16;/h3-5,8-10H,1-2,6-7,16H2,(H,17,20);1H. The molecule has 0 aliphatic heterocycles. The molecule has 3 N–H and O–H groups in total. The van der Waals surface area contributed by atoms with Crippen molar-refractivity contribution in [2.75, 3.05) is 13.1 Å². The minimum atomic E-state index is -0.108. The normalized spacial score (nSPS) is 10.0. The zero-order valence-corrected chi connectivity index (χ0v) is 13.9. The molecule has 1 heterocycles. The predicted octanol–water partition coefficient (Wildman–Crippen LogP) is 2.53. The fourth-order valence-electron chi connectivity index (χ4n) is 1.77. The van der Waals surface area contributed by atoms with Crippen molar-refractivity contribution in [3.63, 3.8) is 0 Å². The van der Waals surface area contributed by atoms with Crippen LogP contribution in [0.4, 0.5) is 0 Å². The fraction of sp³-hybridized carbons (Fsp3) is 0.286. The molecule has 0 fully saturated rings. The number of carbonyl (C=O) groups is 1. The molecule has 1 aromatic carbocycles. The molecule has 2 aromatic rings. The summed E-state index contributed by atoms with van der Waals surface area (Å²) in [6.45, 7) is 1.29. The van der Waals surface area contributed by atoms with Gasteiger partial charge in [0.25, 0.3) is 5.91 Å². The monoisotopic (exact) mass is 372 g/mol. The van der Waals surface area contributed by atoms with Crippen LogP contribution in [-0.4, -0.2) is 28.8 Å². The second-order valence-electron chi connectivity index (χ2n) is 4.41. The summed E-state index contributed by atoms with van der Waals surface area (Å²) in [5.41, 5.74) is 6.86. The first kappa shape index (κ1) is 17.7. The van der Waals surface area contributed by atoms with Crippen molar-refractivity contribution in [2.24, 2.45) is 5.73 Å². The Hall–Kier alpha value is -1.37. The van der Waals surface area contributed by atoms with E-state index in [0.717, 1.165) is 23.0 Å². The van der Waals surface area contributed by atoms with Gasteiger partial charge in [0.2, 0.25) is 0 Å². The van der Waals surface area contributed by atoms with Crippen LogP contribution in [0.25, 0.3) is 5.69 Å². The molecule has 0 bridgehead atoms. The molecule has 1 aromatic heterocycles. The summed E-state index contributed by atoms with van der Waals surface area (Å²) in [7, 11) is 0. The van der Waals surface area contributed by atoms with E-state index in [4.69, 9.17) is 5.73 Å². The molecule has 7 heteroatoms. The van der Waals surface area contributed by atoms with Crippen LogP contribution in [0.1, 0.15) is 23.2 Å². The lowest BCUT2D eigenvalue weighted by Gasteiger charge is -2.02. The van der Waals surface area contributed by atoms with Crippen molar-refractivity contribution < 1.29 is 4.79 Å². The summed E-state index contributed by atoms with van der Waals surface area (Å²) in [5.74, 6) is -0.108. The lowest BCUT2D eigenvalue weighted by Crippen LogP contribution is -2.24. The van der Waals surface area contributed by atoms with Gasteiger partial charge in [-0.05, 0) is 37.6 Å². The number of benzene rings is 1. The Morgan fingerprint density at radius 2 is 2.19 bits per heavy atom. The van der Waals surface area contributed by atoms with Crippen molar-refractivity contribution in [2.45, 2.75) is 12.8 Å². The highest BCUT2D eigenvalue weighted by molar-refractivity contribution is 9.10. The maximum atomic E-state index is 11.9. The summed E-state index contributed by atoms with van der Waals surface area (Å²) in [6.07, 6.45) is 5.10. The summed E-state index contributed by atoms with van der Waals surface area (Å²) >= 11 is 3.41. The van der Waals surface area contributed by atoms with Gasteiger partial charge in [-0.2, -0.15) is 5.10 Å². The van der Waals surface area contributed by atoms with Gasteiger partial charge in [0.1, 0.15) is 0 Å². The Bertz CT molecular complexity index is 588. The Morgan fingerprint density at radius 3 is 2.90 bits per heavy atom. The number of carbonyl (C=O) groups excluding carboxylic acids is 1. The zero-order chi connectivity index (χ0) is 14.4. The van der Waals surface area contributed by atoms with Crippen LogP contribution in [0.5, 0.6) is 0 Å². The highest BCUT2D eigenvalue weighted by Crippen LogP contribution is 2.15. The first-order chi connectivity index (χ1) is 9.70. The van der Waals surface area contributed by atoms with Crippen molar-refractivity contribution in [3.05, 3.63) is 46.7 Å². The molecule has 0 spiro atoms. The number of nitrogens with one attached hydrogen (secondary N) is 1. The summed E-state index contributed by atoms with van der Waals surface area (Å²) in [6, 6.07) is 7.74. The predicted molar refractivity (Wildman–Crippen MR) is 89.1 cm³/mol. The first-order valence-corrected chi connectivity index (χ1v) is 7.29. The highest BCUT2D eigenvalue weighted by Gasteiger charge is 2.08. The number of unbranched alkanes of at least 4 members (excludes halogenated alkanes) is 1. The third-order valence-electron chi connectivity index (χ3n) is 2.83. The lowest BCUT2D eigenvalue weighted by atomic mass is 10.3. The third-order valence-corrected chi connectivity index (χ3v) is 3.33. The minimum absolute atomic E-state index is 0. The molecule has 0 aliphatic carbocycles. The van der Waals surface area contributed by atoms with Crippen LogP contribution in [-0.2, 0) is 0 Å². The van der Waals surface area contributed by atoms with Crippen LogP contribution in [0.2, 0.25) is 0 Å². The number of aromatic nitrogens is 2. The molecular weight excluding hydrogens is 356 g/mol. The molecule has 5 nitrogen and oxygen atoms in total. The van der Waals surface area contributed by atoms with E-state index in [1.165, 1.54) is 0 Å². The van der Waals surface area contributed by atoms with Gasteiger partial charge >= 0.3 is 0 Å². The Balaban J connectivity index is 0.00000220. The van der Waals surface area contributed by atoms with Gasteiger partial charge in [0.05, 0.1) is 17.4 Å². The van der Waals surface area contributed by atoms with E-state index >= 15 is 0 Å². The molecule has 1 amide bonds. The molecule has 2 rings (SSSR count). The second kappa shape index (κ2) is 8.81. The summed E-state index contributed by atoms with van der Waals surface area (Å²) in [4.78, 5) is 11.9. The van der Waals surface area contributed by atoms with Gasteiger partial charge in [0.15, 0.2) is 0 Å². The molecule has 21 heavy (non-hydrogen) atoms. The number of nitrogens with two attached hydrogens (primary N) is 1. The van der Waals surface area contributed by atoms with E-state index in [0.29, 0.717) is 18.7 Å². The fourth-order valence-corrected chi connectivity index (χ4v) is 2.16. The van der Waals surface area contributed by atoms with Gasteiger partial charge in [-0.3, -0.25) is 4.79 Å². The minimum Gasteiger partial charge on any atom is -0.352 e. The molecule has 114 valence electrons. The molecular formula is C14H18BrClN4O. The number of rotatable bonds is 6. The average molecular weight is 374 g/mol. The second-order valence-corrected chi connectivity index (χ2v) is 5.32. The Morgan fingerprint density at radius 1 is 1.38 bits per heavy atom. The largest absolute Gasteiger partial charge is 0.352 e. The molecule has 0 saturated carbocycles. The van der Waals surface area contributed by atoms with Gasteiger partial charge < -0.3 is 11.1 Å². The van der Waals surface area contributed by atoms with Crippen molar-refractivity contribution in [1.29, 1.82) is 0 Å². The van der Waals surface area contributed by atoms with Crippen LogP contribution >= 0.6 is 28.3 Å². The van der Waals surface area contributed by atoms with Crippen LogP contribution in [0, 0.1) is 0 Å². The Labute approximate surface area is 138 Å². The van der Waals surface area contributed by atoms with Gasteiger partial charge in [-0.1, -0.05) is 22.0 Å². The molecule has 0 saturated heterocycles. The number of amides is 1. The SMILES string of the molecule is Cl.NCCCCNC(=O)c1cnn(-c2cccc(Br)c2)c1. The van der Waals surface area contributed by atoms with Crippen LogP contribution < -0.4 is 11.1 Å². The van der Waals surface area contributed by atoms with E-state index < -0.39 is 0 Å². The highest BCUT2D eigenvalue weighted by atomic mass is 79.9. The third kappa shape index (κ3) is 5.15. The average Bonchev–Trinajstić information content (AvgIpc) is 2.93.